The van der Waals surface area contributed by atoms with Crippen molar-refractivity contribution in [3.63, 3.8) is 0 Å². The van der Waals surface area contributed by atoms with Crippen LogP contribution in [0.15, 0.2) is 63.8 Å². The van der Waals surface area contributed by atoms with E-state index in [4.69, 9.17) is 11.6 Å². The minimum absolute atomic E-state index is 0.0859. The van der Waals surface area contributed by atoms with Gasteiger partial charge in [0.1, 0.15) is 10.6 Å². The van der Waals surface area contributed by atoms with E-state index >= 15 is 0 Å². The van der Waals surface area contributed by atoms with Crippen LogP contribution in [0.3, 0.4) is 0 Å². The van der Waals surface area contributed by atoms with Crippen LogP contribution in [0.2, 0.25) is 5.02 Å². The smallest absolute Gasteiger partial charge is 0.263 e. The van der Waals surface area contributed by atoms with Crippen LogP contribution >= 0.6 is 46.0 Å². The summed E-state index contributed by atoms with van der Waals surface area (Å²) in [6, 6.07) is 7.22. The van der Waals surface area contributed by atoms with Crippen LogP contribution in [-0.2, 0) is 11.3 Å². The molecule has 0 aliphatic carbocycles. The number of rotatable bonds is 7. The normalized spacial score (nSPS) is 11.0. The minimum Gasteiger partial charge on any atom is -0.310 e. The third-order valence-corrected chi connectivity index (χ3v) is 7.06. The largest absolute Gasteiger partial charge is 0.310 e. The second kappa shape index (κ2) is 9.13. The van der Waals surface area contributed by atoms with Gasteiger partial charge in [-0.1, -0.05) is 35.5 Å². The Morgan fingerprint density at radius 3 is 2.90 bits per heavy atom. The maximum Gasteiger partial charge on any atom is 0.263 e. The van der Waals surface area contributed by atoms with Crippen LogP contribution in [0.4, 0.5) is 5.82 Å². The van der Waals surface area contributed by atoms with Gasteiger partial charge in [0.05, 0.1) is 16.2 Å². The Bertz CT molecular complexity index is 1260. The number of hydrogen-bond donors (Lipinski definition) is 1. The van der Waals surface area contributed by atoms with Gasteiger partial charge in [-0.15, -0.1) is 29.3 Å². The van der Waals surface area contributed by atoms with Gasteiger partial charge in [-0.05, 0) is 23.6 Å². The fourth-order valence-electron chi connectivity index (χ4n) is 2.78. The van der Waals surface area contributed by atoms with Crippen LogP contribution in [-0.4, -0.2) is 26.2 Å². The number of thioether (sulfide) groups is 1. The van der Waals surface area contributed by atoms with E-state index in [0.717, 1.165) is 10.4 Å². The molecule has 152 valence electrons. The van der Waals surface area contributed by atoms with Crippen molar-refractivity contribution in [3.8, 4) is 10.4 Å². The fourth-order valence-corrected chi connectivity index (χ4v) is 5.50. The molecule has 4 aromatic rings. The van der Waals surface area contributed by atoms with Crippen LogP contribution in [0.1, 0.15) is 0 Å². The van der Waals surface area contributed by atoms with Crippen molar-refractivity contribution in [2.24, 2.45) is 0 Å². The van der Waals surface area contributed by atoms with Crippen molar-refractivity contribution in [1.29, 1.82) is 0 Å². The number of pyridine rings is 1. The number of carbonyl (C=O) groups excluding carboxylic acids is 1. The molecule has 4 aromatic heterocycles. The molecule has 0 bridgehead atoms. The molecule has 0 aliphatic heterocycles. The summed E-state index contributed by atoms with van der Waals surface area (Å²) in [5.74, 6) is 0.248. The molecule has 30 heavy (non-hydrogen) atoms. The number of hydrogen-bond acceptors (Lipinski definition) is 7. The lowest BCUT2D eigenvalue weighted by Crippen LogP contribution is -2.23. The predicted octanol–water partition coefficient (Wildman–Crippen LogP) is 5.15. The van der Waals surface area contributed by atoms with Crippen molar-refractivity contribution >= 4 is 68.0 Å². The molecule has 4 heterocycles. The molecule has 0 radical (unpaired) electrons. The molecule has 10 heteroatoms. The van der Waals surface area contributed by atoms with Gasteiger partial charge in [0.15, 0.2) is 5.16 Å². The van der Waals surface area contributed by atoms with Crippen molar-refractivity contribution in [1.82, 2.24) is 14.5 Å². The molecule has 0 atom stereocenters. The predicted molar refractivity (Wildman–Crippen MR) is 126 cm³/mol. The lowest BCUT2D eigenvalue weighted by Gasteiger charge is -2.10. The SMILES string of the molecule is C=CCn1c(SCC(=O)Nc2ccc(Cl)cn2)nc2scc(-c3cccs3)c2c1=O. The summed E-state index contributed by atoms with van der Waals surface area (Å²) in [5, 5.41) is 8.21. The molecule has 0 saturated carbocycles. The van der Waals surface area contributed by atoms with Crippen LogP contribution in [0.25, 0.3) is 20.7 Å². The van der Waals surface area contributed by atoms with Crippen LogP contribution in [0.5, 0.6) is 0 Å². The second-order valence-electron chi connectivity index (χ2n) is 6.10. The Kier molecular flexibility index (Phi) is 6.33. The zero-order valence-corrected chi connectivity index (χ0v) is 18.7. The number of allylic oxidation sites excluding steroid dienone is 1. The molecule has 1 amide bonds. The molecule has 0 fully saturated rings. The number of fused-ring (bicyclic) bond motifs is 1. The maximum atomic E-state index is 13.2. The van der Waals surface area contributed by atoms with Crippen LogP contribution in [0, 0.1) is 0 Å². The Balaban J connectivity index is 1.61. The topological polar surface area (TPSA) is 76.9 Å². The van der Waals surface area contributed by atoms with E-state index in [9.17, 15) is 9.59 Å². The standard InChI is InChI=1S/C20H15ClN4O2S3/c1-2-7-25-19(27)17-13(14-4-3-8-28-14)10-29-18(17)24-20(25)30-11-16(26)23-15-6-5-12(21)9-22-15/h2-6,8-10H,1,7,11H2,(H,22,23,26). The number of nitrogens with one attached hydrogen (secondary N) is 1. The molecule has 6 nitrogen and oxygen atoms in total. The highest BCUT2D eigenvalue weighted by atomic mass is 35.5. The van der Waals surface area contributed by atoms with E-state index in [1.807, 2.05) is 22.9 Å². The van der Waals surface area contributed by atoms with E-state index < -0.39 is 0 Å². The number of aromatic nitrogens is 3. The molecule has 1 N–H and O–H groups in total. The Morgan fingerprint density at radius 1 is 1.33 bits per heavy atom. The monoisotopic (exact) mass is 474 g/mol. The zero-order chi connectivity index (χ0) is 21.1. The van der Waals surface area contributed by atoms with Crippen molar-refractivity contribution in [3.05, 3.63) is 69.3 Å². The second-order valence-corrected chi connectivity index (χ2v) is 9.29. The molecule has 4 rings (SSSR count). The highest BCUT2D eigenvalue weighted by molar-refractivity contribution is 7.99. The number of carbonyl (C=O) groups is 1. The number of anilines is 1. The van der Waals surface area contributed by atoms with Crippen molar-refractivity contribution in [2.75, 3.05) is 11.1 Å². The first-order valence-electron chi connectivity index (χ1n) is 8.78. The quantitative estimate of drug-likeness (QED) is 0.227. The zero-order valence-electron chi connectivity index (χ0n) is 15.5. The van der Waals surface area contributed by atoms with E-state index in [1.165, 1.54) is 29.3 Å². The molecule has 0 aliphatic rings. The summed E-state index contributed by atoms with van der Waals surface area (Å²) < 4.78 is 1.55. The highest BCUT2D eigenvalue weighted by Gasteiger charge is 2.18. The lowest BCUT2D eigenvalue weighted by molar-refractivity contribution is -0.113. The lowest BCUT2D eigenvalue weighted by atomic mass is 10.2. The van der Waals surface area contributed by atoms with E-state index in [2.05, 4.69) is 21.9 Å². The third-order valence-electron chi connectivity index (χ3n) is 4.08. The van der Waals surface area contributed by atoms with Gasteiger partial charge < -0.3 is 5.32 Å². The molecule has 0 saturated heterocycles. The average Bonchev–Trinajstić information content (AvgIpc) is 3.40. The number of halogens is 1. The number of amides is 1. The van der Waals surface area contributed by atoms with E-state index in [0.29, 0.717) is 32.8 Å². The first-order valence-corrected chi connectivity index (χ1v) is 11.9. The highest BCUT2D eigenvalue weighted by Crippen LogP contribution is 2.34. The Morgan fingerprint density at radius 2 is 2.20 bits per heavy atom. The van der Waals surface area contributed by atoms with Gasteiger partial charge >= 0.3 is 0 Å². The van der Waals surface area contributed by atoms with E-state index in [-0.39, 0.29) is 17.2 Å². The van der Waals surface area contributed by atoms with Gasteiger partial charge in [0.25, 0.3) is 5.56 Å². The van der Waals surface area contributed by atoms with Crippen molar-refractivity contribution < 1.29 is 4.79 Å². The van der Waals surface area contributed by atoms with Gasteiger partial charge in [0, 0.05) is 28.6 Å². The molecule has 0 aromatic carbocycles. The van der Waals surface area contributed by atoms with Gasteiger partial charge in [0.2, 0.25) is 5.91 Å². The summed E-state index contributed by atoms with van der Waals surface area (Å²) >= 11 is 10.0. The number of thiophene rings is 2. The average molecular weight is 475 g/mol. The summed E-state index contributed by atoms with van der Waals surface area (Å²) in [4.78, 5) is 35.9. The van der Waals surface area contributed by atoms with Crippen LogP contribution < -0.4 is 10.9 Å². The van der Waals surface area contributed by atoms with E-state index in [1.54, 1.807) is 34.1 Å². The molecule has 0 spiro atoms. The van der Waals surface area contributed by atoms with Gasteiger partial charge in [-0.2, -0.15) is 0 Å². The first kappa shape index (κ1) is 20.8. The summed E-state index contributed by atoms with van der Waals surface area (Å²) in [5.41, 5.74) is 0.759. The number of nitrogens with zero attached hydrogens (tertiary/aromatic N) is 3. The molecular weight excluding hydrogens is 460 g/mol. The third kappa shape index (κ3) is 4.34. The van der Waals surface area contributed by atoms with Gasteiger partial charge in [-0.3, -0.25) is 14.2 Å². The minimum atomic E-state index is -0.250. The maximum absolute atomic E-state index is 13.2. The van der Waals surface area contributed by atoms with Gasteiger partial charge in [-0.25, -0.2) is 9.97 Å². The first-order chi connectivity index (χ1) is 14.6. The summed E-state index contributed by atoms with van der Waals surface area (Å²) in [7, 11) is 0. The Hall–Kier alpha value is -2.46. The summed E-state index contributed by atoms with van der Waals surface area (Å²) in [6.45, 7) is 4.06. The Labute approximate surface area is 189 Å². The molecular formula is C20H15ClN4O2S3. The summed E-state index contributed by atoms with van der Waals surface area (Å²) in [6.07, 6.45) is 3.11. The van der Waals surface area contributed by atoms with Crippen molar-refractivity contribution in [2.45, 2.75) is 11.7 Å². The molecule has 0 unspecified atom stereocenters. The fraction of sp³-hybridized carbons (Fsp3) is 0.100.